The molecule has 3 aromatic carbocycles. The lowest BCUT2D eigenvalue weighted by atomic mass is 10.1. The molecule has 0 aromatic heterocycles. The summed E-state index contributed by atoms with van der Waals surface area (Å²) in [6, 6.07) is 21.1. The summed E-state index contributed by atoms with van der Waals surface area (Å²) >= 11 is 0. The standard InChI is InChI=1S/C23H25NO4/c1-27-22-12-18(8-10-20(22)25)15-24(14-17-6-4-3-5-7-17)16-19-9-11-21(26)23(13-19)28-2/h3-13,25-26H,14-16H2,1-2H3. The number of hydrogen-bond donors (Lipinski definition) is 2. The first-order valence-electron chi connectivity index (χ1n) is 9.07. The van der Waals surface area contributed by atoms with Crippen LogP contribution in [0.1, 0.15) is 16.7 Å². The van der Waals surface area contributed by atoms with E-state index in [9.17, 15) is 10.2 Å². The smallest absolute Gasteiger partial charge is 0.160 e. The molecule has 146 valence electrons. The van der Waals surface area contributed by atoms with Gasteiger partial charge in [-0.1, -0.05) is 42.5 Å². The van der Waals surface area contributed by atoms with Crippen molar-refractivity contribution in [2.75, 3.05) is 14.2 Å². The number of methoxy groups -OCH3 is 2. The van der Waals surface area contributed by atoms with Gasteiger partial charge < -0.3 is 19.7 Å². The highest BCUT2D eigenvalue weighted by Gasteiger charge is 2.12. The maximum absolute atomic E-state index is 9.85. The van der Waals surface area contributed by atoms with Crippen molar-refractivity contribution in [2.45, 2.75) is 19.6 Å². The Morgan fingerprint density at radius 2 is 1.11 bits per heavy atom. The molecule has 0 amide bonds. The number of rotatable bonds is 8. The minimum atomic E-state index is 0.129. The zero-order valence-corrected chi connectivity index (χ0v) is 16.1. The van der Waals surface area contributed by atoms with Crippen molar-refractivity contribution in [1.29, 1.82) is 0 Å². The normalized spacial score (nSPS) is 10.8. The van der Waals surface area contributed by atoms with Gasteiger partial charge in [0.25, 0.3) is 0 Å². The van der Waals surface area contributed by atoms with Crippen LogP contribution in [0.2, 0.25) is 0 Å². The average molecular weight is 379 g/mol. The molecule has 28 heavy (non-hydrogen) atoms. The maximum atomic E-state index is 9.85. The molecule has 0 fully saturated rings. The van der Waals surface area contributed by atoms with Crippen LogP contribution in [0, 0.1) is 0 Å². The zero-order valence-electron chi connectivity index (χ0n) is 16.1. The average Bonchev–Trinajstić information content (AvgIpc) is 2.71. The first-order chi connectivity index (χ1) is 13.6. The highest BCUT2D eigenvalue weighted by molar-refractivity contribution is 5.43. The van der Waals surface area contributed by atoms with E-state index in [2.05, 4.69) is 17.0 Å². The predicted molar refractivity (Wildman–Crippen MR) is 109 cm³/mol. The fourth-order valence-electron chi connectivity index (χ4n) is 3.17. The lowest BCUT2D eigenvalue weighted by molar-refractivity contribution is 0.246. The second-order valence-corrected chi connectivity index (χ2v) is 6.64. The molecule has 2 N–H and O–H groups in total. The highest BCUT2D eigenvalue weighted by Crippen LogP contribution is 2.29. The van der Waals surface area contributed by atoms with Gasteiger partial charge in [0.1, 0.15) is 0 Å². The summed E-state index contributed by atoms with van der Waals surface area (Å²) in [4.78, 5) is 2.28. The van der Waals surface area contributed by atoms with E-state index in [1.807, 2.05) is 42.5 Å². The molecule has 0 aliphatic rings. The Hall–Kier alpha value is -3.18. The van der Waals surface area contributed by atoms with Crippen LogP contribution in [0.5, 0.6) is 23.0 Å². The maximum Gasteiger partial charge on any atom is 0.160 e. The van der Waals surface area contributed by atoms with Crippen molar-refractivity contribution in [3.8, 4) is 23.0 Å². The molecule has 3 rings (SSSR count). The number of hydrogen-bond acceptors (Lipinski definition) is 5. The van der Waals surface area contributed by atoms with Crippen LogP contribution in [-0.4, -0.2) is 29.3 Å². The zero-order chi connectivity index (χ0) is 19.9. The Bertz CT molecular complexity index is 856. The Balaban J connectivity index is 1.84. The van der Waals surface area contributed by atoms with Crippen LogP contribution in [0.25, 0.3) is 0 Å². The van der Waals surface area contributed by atoms with E-state index in [0.29, 0.717) is 24.6 Å². The van der Waals surface area contributed by atoms with Gasteiger partial charge in [0.05, 0.1) is 14.2 Å². The molecule has 0 saturated heterocycles. The third-order valence-corrected chi connectivity index (χ3v) is 4.55. The summed E-state index contributed by atoms with van der Waals surface area (Å²) in [5.41, 5.74) is 3.28. The second kappa shape index (κ2) is 9.15. The van der Waals surface area contributed by atoms with Crippen molar-refractivity contribution in [3.05, 3.63) is 83.4 Å². The summed E-state index contributed by atoms with van der Waals surface area (Å²) in [6.07, 6.45) is 0. The quantitative estimate of drug-likeness (QED) is 0.610. The van der Waals surface area contributed by atoms with Crippen LogP contribution in [0.3, 0.4) is 0 Å². The number of nitrogens with zero attached hydrogens (tertiary/aromatic N) is 1. The van der Waals surface area contributed by atoms with Gasteiger partial charge in [-0.25, -0.2) is 0 Å². The van der Waals surface area contributed by atoms with Crippen molar-refractivity contribution in [2.24, 2.45) is 0 Å². The highest BCUT2D eigenvalue weighted by atomic mass is 16.5. The molecule has 0 spiro atoms. The van der Waals surface area contributed by atoms with Gasteiger partial charge >= 0.3 is 0 Å². The molecule has 5 nitrogen and oxygen atoms in total. The Kier molecular flexibility index (Phi) is 6.40. The fourth-order valence-corrected chi connectivity index (χ4v) is 3.17. The summed E-state index contributed by atoms with van der Waals surface area (Å²) in [7, 11) is 3.09. The molecule has 0 atom stereocenters. The topological polar surface area (TPSA) is 62.2 Å². The van der Waals surface area contributed by atoms with Gasteiger partial charge in [0.15, 0.2) is 23.0 Å². The Morgan fingerprint density at radius 1 is 0.643 bits per heavy atom. The van der Waals surface area contributed by atoms with Gasteiger partial charge in [-0.2, -0.15) is 0 Å². The lowest BCUT2D eigenvalue weighted by Gasteiger charge is -2.23. The Morgan fingerprint density at radius 3 is 1.57 bits per heavy atom. The van der Waals surface area contributed by atoms with Crippen molar-refractivity contribution >= 4 is 0 Å². The minimum Gasteiger partial charge on any atom is -0.504 e. The summed E-state index contributed by atoms with van der Waals surface area (Å²) in [5.74, 6) is 1.18. The van der Waals surface area contributed by atoms with Crippen LogP contribution in [-0.2, 0) is 19.6 Å². The van der Waals surface area contributed by atoms with Crippen LogP contribution >= 0.6 is 0 Å². The molecule has 0 aliphatic heterocycles. The molecule has 0 radical (unpaired) electrons. The number of phenolic OH excluding ortho intramolecular Hbond substituents is 2. The molecule has 5 heteroatoms. The van der Waals surface area contributed by atoms with Crippen LogP contribution in [0.4, 0.5) is 0 Å². The van der Waals surface area contributed by atoms with Gasteiger partial charge in [-0.3, -0.25) is 4.90 Å². The van der Waals surface area contributed by atoms with Gasteiger partial charge in [-0.15, -0.1) is 0 Å². The van der Waals surface area contributed by atoms with Gasteiger partial charge in [-0.05, 0) is 41.0 Å². The summed E-state index contributed by atoms with van der Waals surface area (Å²) < 4.78 is 10.5. The molecule has 3 aromatic rings. The number of aromatic hydroxyl groups is 2. The van der Waals surface area contributed by atoms with E-state index in [4.69, 9.17) is 9.47 Å². The molecule has 0 saturated carbocycles. The molecular formula is C23H25NO4. The predicted octanol–water partition coefficient (Wildman–Crippen LogP) is 4.32. The first-order valence-corrected chi connectivity index (χ1v) is 9.07. The fraction of sp³-hybridized carbons (Fsp3) is 0.217. The van der Waals surface area contributed by atoms with Crippen LogP contribution < -0.4 is 9.47 Å². The van der Waals surface area contributed by atoms with E-state index in [1.165, 1.54) is 5.56 Å². The molecular weight excluding hydrogens is 354 g/mol. The Labute approximate surface area is 165 Å². The molecule has 0 unspecified atom stereocenters. The van der Waals surface area contributed by atoms with Crippen molar-refractivity contribution in [1.82, 2.24) is 4.90 Å². The summed E-state index contributed by atoms with van der Waals surface area (Å²) in [5, 5.41) is 19.7. The van der Waals surface area contributed by atoms with Crippen LogP contribution in [0.15, 0.2) is 66.7 Å². The van der Waals surface area contributed by atoms with E-state index in [1.54, 1.807) is 26.4 Å². The molecule has 0 aliphatic carbocycles. The number of ether oxygens (including phenoxy) is 2. The van der Waals surface area contributed by atoms with Gasteiger partial charge in [0.2, 0.25) is 0 Å². The largest absolute Gasteiger partial charge is 0.504 e. The third-order valence-electron chi connectivity index (χ3n) is 4.55. The first kappa shape index (κ1) is 19.6. The lowest BCUT2D eigenvalue weighted by Crippen LogP contribution is -2.22. The van der Waals surface area contributed by atoms with E-state index in [0.717, 1.165) is 17.7 Å². The number of phenols is 2. The van der Waals surface area contributed by atoms with Gasteiger partial charge in [0, 0.05) is 19.6 Å². The molecule has 0 heterocycles. The molecule has 0 bridgehead atoms. The third kappa shape index (κ3) is 4.96. The monoisotopic (exact) mass is 379 g/mol. The SMILES string of the molecule is COc1cc(CN(Cc2ccccc2)Cc2ccc(O)c(OC)c2)ccc1O. The van der Waals surface area contributed by atoms with E-state index in [-0.39, 0.29) is 11.5 Å². The van der Waals surface area contributed by atoms with Crippen molar-refractivity contribution < 1.29 is 19.7 Å². The number of benzene rings is 3. The van der Waals surface area contributed by atoms with Crippen molar-refractivity contribution in [3.63, 3.8) is 0 Å². The summed E-state index contributed by atoms with van der Waals surface area (Å²) in [6.45, 7) is 2.11. The van der Waals surface area contributed by atoms with E-state index >= 15 is 0 Å². The second-order valence-electron chi connectivity index (χ2n) is 6.64. The van der Waals surface area contributed by atoms with E-state index < -0.39 is 0 Å². The minimum absolute atomic E-state index is 0.129.